The normalized spacial score (nSPS) is 16.1. The molecule has 2 aromatic rings. The van der Waals surface area contributed by atoms with E-state index in [1.807, 2.05) is 54.6 Å². The number of urea groups is 1. The van der Waals surface area contributed by atoms with Crippen molar-refractivity contribution in [2.75, 3.05) is 13.7 Å². The van der Waals surface area contributed by atoms with Crippen molar-refractivity contribution in [3.05, 3.63) is 71.3 Å². The Labute approximate surface area is 187 Å². The van der Waals surface area contributed by atoms with Gasteiger partial charge in [0.05, 0.1) is 6.61 Å². The Morgan fingerprint density at radius 2 is 1.78 bits per heavy atom. The van der Waals surface area contributed by atoms with Crippen molar-refractivity contribution in [1.29, 1.82) is 0 Å². The van der Waals surface area contributed by atoms with Crippen molar-refractivity contribution in [2.24, 2.45) is 0 Å². The first-order chi connectivity index (χ1) is 15.4. The fourth-order valence-corrected chi connectivity index (χ4v) is 3.86. The molecule has 0 bridgehead atoms. The number of hydrazine groups is 1. The summed E-state index contributed by atoms with van der Waals surface area (Å²) in [6, 6.07) is 15.0. The first-order valence-electron chi connectivity index (χ1n) is 10.7. The van der Waals surface area contributed by atoms with Gasteiger partial charge in [0, 0.05) is 20.0 Å². The molecule has 0 saturated heterocycles. The van der Waals surface area contributed by atoms with Gasteiger partial charge in [0.25, 0.3) is 0 Å². The highest BCUT2D eigenvalue weighted by molar-refractivity contribution is 5.84. The molecule has 0 saturated carbocycles. The largest absolute Gasteiger partial charge is 0.480 e. The Morgan fingerprint density at radius 3 is 2.44 bits per heavy atom. The Balaban J connectivity index is 1.72. The molecule has 1 aliphatic heterocycles. The molecule has 0 aromatic heterocycles. The average molecular weight is 440 g/mol. The Hall–Kier alpha value is -3.39. The molecule has 1 aliphatic rings. The van der Waals surface area contributed by atoms with Crippen molar-refractivity contribution in [3.63, 3.8) is 0 Å². The van der Waals surface area contributed by atoms with Crippen molar-refractivity contribution < 1.29 is 24.2 Å². The third-order valence-electron chi connectivity index (χ3n) is 5.55. The third kappa shape index (κ3) is 5.64. The van der Waals surface area contributed by atoms with E-state index in [-0.39, 0.29) is 19.6 Å². The molecular weight excluding hydrogens is 410 g/mol. The number of carboxylic acid groups (broad SMARTS) is 1. The van der Waals surface area contributed by atoms with E-state index in [2.05, 4.69) is 5.43 Å². The summed E-state index contributed by atoms with van der Waals surface area (Å²) in [4.78, 5) is 38.9. The second-order valence-corrected chi connectivity index (χ2v) is 7.75. The van der Waals surface area contributed by atoms with Crippen LogP contribution >= 0.6 is 0 Å². The number of carbonyl (C=O) groups is 3. The number of rotatable bonds is 8. The van der Waals surface area contributed by atoms with Crippen LogP contribution in [0.2, 0.25) is 0 Å². The molecule has 0 fully saturated rings. The summed E-state index contributed by atoms with van der Waals surface area (Å²) in [6.45, 7) is 2.14. The highest BCUT2D eigenvalue weighted by Crippen LogP contribution is 2.24. The highest BCUT2D eigenvalue weighted by atomic mass is 16.5. The van der Waals surface area contributed by atoms with Crippen molar-refractivity contribution in [3.8, 4) is 0 Å². The number of esters is 1. The summed E-state index contributed by atoms with van der Waals surface area (Å²) >= 11 is 0. The molecule has 0 radical (unpaired) electrons. The molecule has 0 spiro atoms. The maximum Gasteiger partial charge on any atom is 0.335 e. The first-order valence-corrected chi connectivity index (χ1v) is 10.7. The number of nitrogens with one attached hydrogen (secondary N) is 1. The van der Waals surface area contributed by atoms with Gasteiger partial charge in [-0.15, -0.1) is 0 Å². The van der Waals surface area contributed by atoms with Gasteiger partial charge in [0.1, 0.15) is 12.1 Å². The van der Waals surface area contributed by atoms with E-state index in [0.29, 0.717) is 12.8 Å². The van der Waals surface area contributed by atoms with Crippen LogP contribution in [-0.4, -0.2) is 58.7 Å². The maximum absolute atomic E-state index is 13.2. The smallest absolute Gasteiger partial charge is 0.335 e. The van der Waals surface area contributed by atoms with Crippen LogP contribution in [0.4, 0.5) is 4.79 Å². The number of hydrogen-bond acceptors (Lipinski definition) is 5. The number of hydrogen-bond donors (Lipinski definition) is 2. The zero-order valence-corrected chi connectivity index (χ0v) is 18.4. The van der Waals surface area contributed by atoms with Crippen LogP contribution in [0.3, 0.4) is 0 Å². The second kappa shape index (κ2) is 10.8. The fourth-order valence-electron chi connectivity index (χ4n) is 3.86. The molecule has 8 heteroatoms. The molecule has 2 N–H and O–H groups in total. The molecule has 3 rings (SSSR count). The number of fused-ring (bicyclic) bond motifs is 1. The number of benzene rings is 2. The summed E-state index contributed by atoms with van der Waals surface area (Å²) in [7, 11) is 1.50. The van der Waals surface area contributed by atoms with Crippen LogP contribution in [0.5, 0.6) is 0 Å². The molecule has 8 nitrogen and oxygen atoms in total. The summed E-state index contributed by atoms with van der Waals surface area (Å²) in [5.41, 5.74) is 5.83. The van der Waals surface area contributed by atoms with E-state index >= 15 is 0 Å². The van der Waals surface area contributed by atoms with Gasteiger partial charge in [-0.3, -0.25) is 9.80 Å². The van der Waals surface area contributed by atoms with E-state index in [1.165, 1.54) is 17.0 Å². The van der Waals surface area contributed by atoms with Gasteiger partial charge in [-0.25, -0.2) is 15.0 Å². The van der Waals surface area contributed by atoms with Crippen LogP contribution in [0.15, 0.2) is 54.6 Å². The number of aliphatic carboxylic acids is 1. The summed E-state index contributed by atoms with van der Waals surface area (Å²) in [6.07, 6.45) is 1.28. The number of carboxylic acids is 1. The van der Waals surface area contributed by atoms with Crippen molar-refractivity contribution in [1.82, 2.24) is 15.3 Å². The molecule has 2 amide bonds. The summed E-state index contributed by atoms with van der Waals surface area (Å²) in [5, 5.41) is 10.9. The monoisotopic (exact) mass is 439 g/mol. The topological polar surface area (TPSA) is 99.2 Å². The molecule has 32 heavy (non-hydrogen) atoms. The number of aryl methyl sites for hydroxylation is 1. The lowest BCUT2D eigenvalue weighted by Crippen LogP contribution is -2.58. The van der Waals surface area contributed by atoms with Gasteiger partial charge < -0.3 is 14.7 Å². The van der Waals surface area contributed by atoms with Gasteiger partial charge in [-0.05, 0) is 36.5 Å². The number of amides is 2. The molecule has 1 unspecified atom stereocenters. The lowest BCUT2D eigenvalue weighted by atomic mass is 9.94. The third-order valence-corrected chi connectivity index (χ3v) is 5.55. The van der Waals surface area contributed by atoms with Gasteiger partial charge >= 0.3 is 18.0 Å². The molecule has 170 valence electrons. The molecule has 1 heterocycles. The molecule has 0 aliphatic carbocycles. The Bertz CT molecular complexity index is 950. The Morgan fingerprint density at radius 1 is 1.12 bits per heavy atom. The molecule has 2 aromatic carbocycles. The predicted molar refractivity (Wildman–Crippen MR) is 119 cm³/mol. The SMILES string of the molecule is CCOC(=O)C(CCc1ccccc1)NN(C)C(=O)N1Cc2ccccc2C[C@H]1C(=O)O. The van der Waals surface area contributed by atoms with Crippen LogP contribution in [0.1, 0.15) is 30.0 Å². The quantitative estimate of drug-likeness (QED) is 0.485. The van der Waals surface area contributed by atoms with E-state index in [0.717, 1.165) is 16.7 Å². The lowest BCUT2D eigenvalue weighted by molar-refractivity contribution is -0.147. The standard InChI is InChI=1S/C24H29N3O5/c1-3-32-23(30)20(14-13-17-9-5-4-6-10-17)25-26(2)24(31)27-16-19-12-8-7-11-18(19)15-21(27)22(28)29/h4-12,20-21,25H,3,13-16H2,1-2H3,(H,28,29)/t20?,21-/m0/s1. The van der Waals surface area contributed by atoms with Gasteiger partial charge in [0.2, 0.25) is 0 Å². The highest BCUT2D eigenvalue weighted by Gasteiger charge is 2.36. The van der Waals surface area contributed by atoms with Gasteiger partial charge in [-0.2, -0.15) is 0 Å². The van der Waals surface area contributed by atoms with E-state index < -0.39 is 30.1 Å². The first kappa shape index (κ1) is 23.3. The van der Waals surface area contributed by atoms with Crippen LogP contribution in [0, 0.1) is 0 Å². The summed E-state index contributed by atoms with van der Waals surface area (Å²) < 4.78 is 5.18. The van der Waals surface area contributed by atoms with E-state index in [9.17, 15) is 19.5 Å². The fraction of sp³-hybridized carbons (Fsp3) is 0.375. The van der Waals surface area contributed by atoms with E-state index in [4.69, 9.17) is 4.74 Å². The zero-order chi connectivity index (χ0) is 23.1. The maximum atomic E-state index is 13.2. The van der Waals surface area contributed by atoms with Crippen LogP contribution in [0.25, 0.3) is 0 Å². The summed E-state index contributed by atoms with van der Waals surface area (Å²) in [5.74, 6) is -1.52. The second-order valence-electron chi connectivity index (χ2n) is 7.75. The minimum atomic E-state index is -1.06. The van der Waals surface area contributed by atoms with Crippen LogP contribution < -0.4 is 5.43 Å². The molecule has 2 atom stereocenters. The van der Waals surface area contributed by atoms with E-state index in [1.54, 1.807) is 6.92 Å². The number of nitrogens with zero attached hydrogens (tertiary/aromatic N) is 2. The number of carbonyl (C=O) groups excluding carboxylic acids is 2. The van der Waals surface area contributed by atoms with Gasteiger partial charge in [0.15, 0.2) is 0 Å². The minimum Gasteiger partial charge on any atom is -0.480 e. The van der Waals surface area contributed by atoms with Crippen LogP contribution in [-0.2, 0) is 33.7 Å². The number of ether oxygens (including phenoxy) is 1. The predicted octanol–water partition coefficient (Wildman–Crippen LogP) is 2.62. The van der Waals surface area contributed by atoms with Crippen molar-refractivity contribution >= 4 is 18.0 Å². The average Bonchev–Trinajstić information content (AvgIpc) is 2.80. The zero-order valence-electron chi connectivity index (χ0n) is 18.4. The van der Waals surface area contributed by atoms with Crippen molar-refractivity contribution in [2.45, 2.75) is 44.8 Å². The molecular formula is C24H29N3O5. The minimum absolute atomic E-state index is 0.187. The lowest BCUT2D eigenvalue weighted by Gasteiger charge is -2.37. The van der Waals surface area contributed by atoms with Gasteiger partial charge in [-0.1, -0.05) is 54.6 Å². The Kier molecular flexibility index (Phi) is 7.83.